The maximum Gasteiger partial charge on any atom is 0.196 e. The first kappa shape index (κ1) is 12.4. The lowest BCUT2D eigenvalue weighted by Crippen LogP contribution is -2.07. The minimum absolute atomic E-state index is 0.159. The van der Waals surface area contributed by atoms with Crippen molar-refractivity contribution in [3.05, 3.63) is 52.7 Å². The fraction of sp³-hybridized carbons (Fsp3) is 0.0769. The van der Waals surface area contributed by atoms with Crippen LogP contribution in [0.3, 0.4) is 0 Å². The first-order chi connectivity index (χ1) is 8.61. The summed E-state index contributed by atoms with van der Waals surface area (Å²) in [6.45, 7) is 0. The van der Waals surface area contributed by atoms with Crippen molar-refractivity contribution in [2.45, 2.75) is 0 Å². The predicted octanol–water partition coefficient (Wildman–Crippen LogP) is 2.56. The molecule has 0 saturated carbocycles. The van der Waals surface area contributed by atoms with Crippen LogP contribution in [0.25, 0.3) is 0 Å². The van der Waals surface area contributed by atoms with Crippen molar-refractivity contribution in [3.8, 4) is 5.75 Å². The molecule has 2 aromatic rings. The van der Waals surface area contributed by atoms with Gasteiger partial charge < -0.3 is 10.5 Å². The van der Waals surface area contributed by atoms with Gasteiger partial charge in [-0.2, -0.15) is 0 Å². The molecule has 0 spiro atoms. The predicted molar refractivity (Wildman–Crippen MR) is 70.1 cm³/mol. The lowest BCUT2D eigenvalue weighted by atomic mass is 10.0. The number of carbonyl (C=O) groups is 1. The number of rotatable bonds is 3. The molecule has 1 aromatic carbocycles. The quantitative estimate of drug-likeness (QED) is 0.864. The normalized spacial score (nSPS) is 10.1. The largest absolute Gasteiger partial charge is 0.497 e. The van der Waals surface area contributed by atoms with Gasteiger partial charge in [-0.25, -0.2) is 4.98 Å². The Labute approximate surface area is 109 Å². The summed E-state index contributed by atoms with van der Waals surface area (Å²) >= 11 is 5.81. The van der Waals surface area contributed by atoms with Crippen LogP contribution >= 0.6 is 11.6 Å². The Morgan fingerprint density at radius 1 is 1.39 bits per heavy atom. The smallest absolute Gasteiger partial charge is 0.196 e. The first-order valence-corrected chi connectivity index (χ1v) is 5.59. The van der Waals surface area contributed by atoms with E-state index in [1.165, 1.54) is 12.3 Å². The Morgan fingerprint density at radius 2 is 2.17 bits per heavy atom. The van der Waals surface area contributed by atoms with E-state index >= 15 is 0 Å². The van der Waals surface area contributed by atoms with Gasteiger partial charge in [0.05, 0.1) is 17.7 Å². The second-order valence-corrected chi connectivity index (χ2v) is 4.08. The van der Waals surface area contributed by atoms with E-state index in [-0.39, 0.29) is 17.2 Å². The molecule has 2 rings (SSSR count). The molecule has 0 fully saturated rings. The van der Waals surface area contributed by atoms with Crippen molar-refractivity contribution in [3.63, 3.8) is 0 Å². The molecule has 5 heteroatoms. The molecule has 0 aliphatic carbocycles. The van der Waals surface area contributed by atoms with Gasteiger partial charge in [-0.3, -0.25) is 4.79 Å². The Morgan fingerprint density at radius 3 is 2.89 bits per heavy atom. The molecule has 18 heavy (non-hydrogen) atoms. The highest BCUT2D eigenvalue weighted by Crippen LogP contribution is 2.21. The summed E-state index contributed by atoms with van der Waals surface area (Å²) in [7, 11) is 1.54. The molecule has 0 radical (unpaired) electrons. The molecule has 1 aromatic heterocycles. The van der Waals surface area contributed by atoms with Crippen LogP contribution in [-0.4, -0.2) is 17.9 Å². The summed E-state index contributed by atoms with van der Waals surface area (Å²) in [6, 6.07) is 8.33. The number of carbonyl (C=O) groups excluding carboxylic acids is 1. The van der Waals surface area contributed by atoms with Crippen LogP contribution in [0.2, 0.25) is 5.02 Å². The monoisotopic (exact) mass is 262 g/mol. The average molecular weight is 263 g/mol. The topological polar surface area (TPSA) is 65.2 Å². The number of hydrogen-bond donors (Lipinski definition) is 1. The number of halogens is 1. The van der Waals surface area contributed by atoms with Crippen molar-refractivity contribution in [1.82, 2.24) is 4.98 Å². The third-order valence-corrected chi connectivity index (χ3v) is 2.67. The standard InChI is InChI=1S/C13H11ClN2O2/c1-18-10-4-2-3-8(5-10)12(17)11-6-9(14)7-16-13(11)15/h2-7H,1H3,(H2,15,16). The Hall–Kier alpha value is -2.07. The van der Waals surface area contributed by atoms with Crippen LogP contribution in [0.15, 0.2) is 36.5 Å². The van der Waals surface area contributed by atoms with Crippen LogP contribution in [0.5, 0.6) is 5.75 Å². The Balaban J connectivity index is 2.44. The zero-order chi connectivity index (χ0) is 13.1. The molecular formula is C13H11ClN2O2. The SMILES string of the molecule is COc1cccc(C(=O)c2cc(Cl)cnc2N)c1. The molecule has 4 nitrogen and oxygen atoms in total. The summed E-state index contributed by atoms with van der Waals surface area (Å²) in [5.74, 6) is 0.531. The first-order valence-electron chi connectivity index (χ1n) is 5.21. The maximum atomic E-state index is 12.3. The Bertz CT molecular complexity index is 599. The lowest BCUT2D eigenvalue weighted by Gasteiger charge is -2.06. The van der Waals surface area contributed by atoms with E-state index in [9.17, 15) is 4.79 Å². The summed E-state index contributed by atoms with van der Waals surface area (Å²) in [6.07, 6.45) is 1.40. The molecule has 0 bridgehead atoms. The van der Waals surface area contributed by atoms with E-state index < -0.39 is 0 Å². The van der Waals surface area contributed by atoms with E-state index in [1.54, 1.807) is 31.4 Å². The van der Waals surface area contributed by atoms with Crippen molar-refractivity contribution < 1.29 is 9.53 Å². The van der Waals surface area contributed by atoms with Gasteiger partial charge in [-0.05, 0) is 18.2 Å². The summed E-state index contributed by atoms with van der Waals surface area (Å²) in [5.41, 5.74) is 6.44. The maximum absolute atomic E-state index is 12.3. The molecule has 0 saturated heterocycles. The van der Waals surface area contributed by atoms with Crippen molar-refractivity contribution in [1.29, 1.82) is 0 Å². The highest BCUT2D eigenvalue weighted by atomic mass is 35.5. The molecule has 0 aliphatic heterocycles. The molecule has 0 atom stereocenters. The second kappa shape index (κ2) is 5.06. The van der Waals surface area contributed by atoms with Gasteiger partial charge in [0.2, 0.25) is 0 Å². The number of nitrogens with zero attached hydrogens (tertiary/aromatic N) is 1. The van der Waals surface area contributed by atoms with Crippen LogP contribution in [-0.2, 0) is 0 Å². The highest BCUT2D eigenvalue weighted by Gasteiger charge is 2.14. The summed E-state index contributed by atoms with van der Waals surface area (Å²) in [4.78, 5) is 16.1. The summed E-state index contributed by atoms with van der Waals surface area (Å²) in [5, 5.41) is 0.371. The van der Waals surface area contributed by atoms with Crippen molar-refractivity contribution in [2.24, 2.45) is 0 Å². The number of aromatic nitrogens is 1. The number of pyridine rings is 1. The van der Waals surface area contributed by atoms with Gasteiger partial charge in [0.25, 0.3) is 0 Å². The highest BCUT2D eigenvalue weighted by molar-refractivity contribution is 6.31. The fourth-order valence-corrected chi connectivity index (χ4v) is 1.71. The number of ketones is 1. The van der Waals surface area contributed by atoms with Crippen molar-refractivity contribution >= 4 is 23.2 Å². The molecule has 0 amide bonds. The molecule has 92 valence electrons. The second-order valence-electron chi connectivity index (χ2n) is 3.65. The number of anilines is 1. The number of methoxy groups -OCH3 is 1. The zero-order valence-electron chi connectivity index (χ0n) is 9.68. The van der Waals surface area contributed by atoms with Crippen molar-refractivity contribution in [2.75, 3.05) is 12.8 Å². The molecular weight excluding hydrogens is 252 g/mol. The minimum Gasteiger partial charge on any atom is -0.497 e. The van der Waals surface area contributed by atoms with Gasteiger partial charge in [-0.15, -0.1) is 0 Å². The Kier molecular flexibility index (Phi) is 3.48. The molecule has 1 heterocycles. The van der Waals surface area contributed by atoms with Gasteiger partial charge in [-0.1, -0.05) is 23.7 Å². The molecule has 0 aliphatic rings. The van der Waals surface area contributed by atoms with Gasteiger partial charge in [0, 0.05) is 11.8 Å². The number of benzene rings is 1. The van der Waals surface area contributed by atoms with E-state index in [1.807, 2.05) is 0 Å². The number of nitrogens with two attached hydrogens (primary N) is 1. The van der Waals surface area contributed by atoms with E-state index in [0.717, 1.165) is 0 Å². The van der Waals surface area contributed by atoms with Crippen LogP contribution < -0.4 is 10.5 Å². The fourth-order valence-electron chi connectivity index (χ4n) is 1.55. The third kappa shape index (κ3) is 2.43. The van der Waals surface area contributed by atoms with E-state index in [4.69, 9.17) is 22.1 Å². The van der Waals surface area contributed by atoms with Crippen LogP contribution in [0, 0.1) is 0 Å². The average Bonchev–Trinajstić information content (AvgIpc) is 2.41. The van der Waals surface area contributed by atoms with Gasteiger partial charge in [0.15, 0.2) is 5.78 Å². The molecule has 0 unspecified atom stereocenters. The van der Waals surface area contributed by atoms with Crippen LogP contribution in [0.1, 0.15) is 15.9 Å². The summed E-state index contributed by atoms with van der Waals surface area (Å²) < 4.78 is 5.07. The van der Waals surface area contributed by atoms with Gasteiger partial charge >= 0.3 is 0 Å². The van der Waals surface area contributed by atoms with E-state index in [0.29, 0.717) is 16.3 Å². The van der Waals surface area contributed by atoms with Crippen LogP contribution in [0.4, 0.5) is 5.82 Å². The number of hydrogen-bond acceptors (Lipinski definition) is 4. The molecule has 2 N–H and O–H groups in total. The number of ether oxygens (including phenoxy) is 1. The third-order valence-electron chi connectivity index (χ3n) is 2.46. The zero-order valence-corrected chi connectivity index (χ0v) is 10.4. The lowest BCUT2D eigenvalue weighted by molar-refractivity contribution is 0.103. The minimum atomic E-state index is -0.235. The number of nitrogen functional groups attached to an aromatic ring is 1. The van der Waals surface area contributed by atoms with Gasteiger partial charge in [0.1, 0.15) is 11.6 Å². The van der Waals surface area contributed by atoms with E-state index in [2.05, 4.69) is 4.98 Å².